The number of ketones is 1. The average molecular weight is 466 g/mol. The second-order valence-electron chi connectivity index (χ2n) is 8.29. The monoisotopic (exact) mass is 466 g/mol. The minimum Gasteiger partial charge on any atom is -0.507 e. The number of nitrogens with zero attached hydrogens (tertiary/aromatic N) is 2. The Bertz CT molecular complexity index is 1140. The first-order valence-electron chi connectivity index (χ1n) is 11.2. The van der Waals surface area contributed by atoms with Gasteiger partial charge in [-0.3, -0.25) is 14.5 Å². The van der Waals surface area contributed by atoms with E-state index in [0.717, 1.165) is 13.1 Å². The first-order valence-corrected chi connectivity index (χ1v) is 11.2. The van der Waals surface area contributed by atoms with Crippen molar-refractivity contribution >= 4 is 17.4 Å². The normalized spacial score (nSPS) is 21.8. The third-order valence-corrected chi connectivity index (χ3v) is 6.36. The standard InChI is InChI=1S/C25H26N2O7/c1-31-18-4-2-3-16(13-18)22-21(23(28)17-5-6-19-20(14-17)34-15-33-19)24(29)25(30)27(22)8-7-26-9-11-32-12-10-26/h2-6,13-14,22,28H,7-12,15H2,1H3/t22-/m1/s1. The van der Waals surface area contributed by atoms with Crippen LogP contribution < -0.4 is 14.2 Å². The largest absolute Gasteiger partial charge is 0.507 e. The summed E-state index contributed by atoms with van der Waals surface area (Å²) in [6.45, 7) is 3.85. The lowest BCUT2D eigenvalue weighted by molar-refractivity contribution is -0.140. The van der Waals surface area contributed by atoms with Gasteiger partial charge in [0.05, 0.1) is 31.9 Å². The molecular weight excluding hydrogens is 440 g/mol. The van der Waals surface area contributed by atoms with Crippen molar-refractivity contribution < 1.29 is 33.6 Å². The SMILES string of the molecule is COc1cccc([C@@H]2C(=C(O)c3ccc4c(c3)OCO4)C(=O)C(=O)N2CCN2CCOCC2)c1. The number of benzene rings is 2. The third-order valence-electron chi connectivity index (χ3n) is 6.36. The van der Waals surface area contributed by atoms with Gasteiger partial charge in [0.2, 0.25) is 6.79 Å². The van der Waals surface area contributed by atoms with Crippen molar-refractivity contribution in [3.63, 3.8) is 0 Å². The fourth-order valence-electron chi connectivity index (χ4n) is 4.54. The van der Waals surface area contributed by atoms with Gasteiger partial charge in [-0.1, -0.05) is 12.1 Å². The fourth-order valence-corrected chi connectivity index (χ4v) is 4.54. The number of carbonyl (C=O) groups is 2. The number of amides is 1. The summed E-state index contributed by atoms with van der Waals surface area (Å²) in [5.41, 5.74) is 1.10. The van der Waals surface area contributed by atoms with Crippen molar-refractivity contribution in [1.82, 2.24) is 9.80 Å². The summed E-state index contributed by atoms with van der Waals surface area (Å²) < 4.78 is 21.5. The third kappa shape index (κ3) is 4.08. The summed E-state index contributed by atoms with van der Waals surface area (Å²) in [5, 5.41) is 11.3. The van der Waals surface area contributed by atoms with Crippen LogP contribution in [0, 0.1) is 0 Å². The quantitative estimate of drug-likeness (QED) is 0.393. The van der Waals surface area contributed by atoms with Crippen LogP contribution in [0.5, 0.6) is 17.2 Å². The van der Waals surface area contributed by atoms with E-state index in [0.29, 0.717) is 54.7 Å². The number of carbonyl (C=O) groups excluding carboxylic acids is 2. The van der Waals surface area contributed by atoms with Crippen LogP contribution in [0.1, 0.15) is 17.2 Å². The van der Waals surface area contributed by atoms with E-state index in [9.17, 15) is 14.7 Å². The number of ether oxygens (including phenoxy) is 4. The zero-order chi connectivity index (χ0) is 23.7. The van der Waals surface area contributed by atoms with Crippen LogP contribution in [-0.4, -0.2) is 79.9 Å². The van der Waals surface area contributed by atoms with Crippen molar-refractivity contribution in [1.29, 1.82) is 0 Å². The molecule has 1 N–H and O–H groups in total. The number of hydrogen-bond donors (Lipinski definition) is 1. The topological polar surface area (TPSA) is 97.8 Å². The highest BCUT2D eigenvalue weighted by molar-refractivity contribution is 6.46. The van der Waals surface area contributed by atoms with E-state index in [2.05, 4.69) is 4.90 Å². The predicted octanol–water partition coefficient (Wildman–Crippen LogP) is 2.18. The van der Waals surface area contributed by atoms with E-state index in [1.165, 1.54) is 4.90 Å². The van der Waals surface area contributed by atoms with E-state index in [1.807, 2.05) is 6.07 Å². The molecule has 1 amide bonds. The molecule has 9 heteroatoms. The van der Waals surface area contributed by atoms with E-state index in [4.69, 9.17) is 18.9 Å². The molecule has 0 aliphatic carbocycles. The molecule has 3 heterocycles. The molecular formula is C25H26N2O7. The number of rotatable bonds is 6. The first-order chi connectivity index (χ1) is 16.6. The molecule has 3 aliphatic rings. The molecule has 0 unspecified atom stereocenters. The Morgan fingerprint density at radius 1 is 1.06 bits per heavy atom. The summed E-state index contributed by atoms with van der Waals surface area (Å²) >= 11 is 0. The smallest absolute Gasteiger partial charge is 0.295 e. The molecule has 2 aromatic rings. The van der Waals surface area contributed by atoms with Gasteiger partial charge in [0.1, 0.15) is 11.5 Å². The number of aliphatic hydroxyl groups is 1. The Labute approximate surface area is 197 Å². The lowest BCUT2D eigenvalue weighted by Crippen LogP contribution is -2.42. The van der Waals surface area contributed by atoms with Gasteiger partial charge in [-0.25, -0.2) is 0 Å². The molecule has 0 spiro atoms. The van der Waals surface area contributed by atoms with Crippen LogP contribution in [0.25, 0.3) is 5.76 Å². The van der Waals surface area contributed by atoms with Crippen LogP contribution in [-0.2, 0) is 14.3 Å². The van der Waals surface area contributed by atoms with Crippen molar-refractivity contribution in [2.45, 2.75) is 6.04 Å². The highest BCUT2D eigenvalue weighted by Crippen LogP contribution is 2.41. The van der Waals surface area contributed by atoms with Crippen molar-refractivity contribution in [2.24, 2.45) is 0 Å². The van der Waals surface area contributed by atoms with E-state index < -0.39 is 17.7 Å². The molecule has 0 aromatic heterocycles. The molecule has 9 nitrogen and oxygen atoms in total. The molecule has 0 saturated carbocycles. The van der Waals surface area contributed by atoms with Gasteiger partial charge in [-0.05, 0) is 35.9 Å². The van der Waals surface area contributed by atoms with Crippen LogP contribution in [0.4, 0.5) is 0 Å². The molecule has 5 rings (SSSR count). The summed E-state index contributed by atoms with van der Waals surface area (Å²) in [6, 6.07) is 11.4. The number of Topliss-reactive ketones (excluding diaryl/α,β-unsaturated/α-hetero) is 1. The van der Waals surface area contributed by atoms with E-state index in [1.54, 1.807) is 43.5 Å². The van der Waals surface area contributed by atoms with Gasteiger partial charge >= 0.3 is 0 Å². The Kier molecular flexibility index (Phi) is 6.12. The molecule has 2 saturated heterocycles. The molecule has 34 heavy (non-hydrogen) atoms. The summed E-state index contributed by atoms with van der Waals surface area (Å²) in [6.07, 6.45) is 0. The van der Waals surface area contributed by atoms with Gasteiger partial charge in [-0.2, -0.15) is 0 Å². The Morgan fingerprint density at radius 2 is 1.85 bits per heavy atom. The van der Waals surface area contributed by atoms with Crippen LogP contribution >= 0.6 is 0 Å². The van der Waals surface area contributed by atoms with Gasteiger partial charge in [0.15, 0.2) is 11.5 Å². The molecule has 1 atom stereocenters. The minimum atomic E-state index is -0.749. The average Bonchev–Trinajstić information content (AvgIpc) is 3.45. The molecule has 0 bridgehead atoms. The molecule has 178 valence electrons. The zero-order valence-corrected chi connectivity index (χ0v) is 18.9. The number of likely N-dealkylation sites (tertiary alicyclic amines) is 1. The molecule has 2 fully saturated rings. The van der Waals surface area contributed by atoms with Crippen LogP contribution in [0.2, 0.25) is 0 Å². The Morgan fingerprint density at radius 3 is 2.65 bits per heavy atom. The zero-order valence-electron chi connectivity index (χ0n) is 18.9. The van der Waals surface area contributed by atoms with Gasteiger partial charge < -0.3 is 29.0 Å². The van der Waals surface area contributed by atoms with Crippen molar-refractivity contribution in [3.8, 4) is 17.2 Å². The maximum atomic E-state index is 13.2. The Balaban J connectivity index is 1.55. The number of fused-ring (bicyclic) bond motifs is 1. The summed E-state index contributed by atoms with van der Waals surface area (Å²) in [7, 11) is 1.56. The number of methoxy groups -OCH3 is 1. The molecule has 2 aromatic carbocycles. The lowest BCUT2D eigenvalue weighted by Gasteiger charge is -2.31. The first kappa shape index (κ1) is 22.2. The molecule has 0 radical (unpaired) electrons. The van der Waals surface area contributed by atoms with Crippen LogP contribution in [0.3, 0.4) is 0 Å². The minimum absolute atomic E-state index is 0.0408. The summed E-state index contributed by atoms with van der Waals surface area (Å²) in [5.74, 6) is 0.0291. The number of aliphatic hydroxyl groups excluding tert-OH is 1. The van der Waals surface area contributed by atoms with Crippen molar-refractivity contribution in [3.05, 3.63) is 59.2 Å². The summed E-state index contributed by atoms with van der Waals surface area (Å²) in [4.78, 5) is 30.1. The van der Waals surface area contributed by atoms with E-state index in [-0.39, 0.29) is 18.1 Å². The highest BCUT2D eigenvalue weighted by Gasteiger charge is 2.46. The van der Waals surface area contributed by atoms with Gasteiger partial charge in [-0.15, -0.1) is 0 Å². The lowest BCUT2D eigenvalue weighted by atomic mass is 9.95. The second-order valence-corrected chi connectivity index (χ2v) is 8.29. The maximum absolute atomic E-state index is 13.2. The maximum Gasteiger partial charge on any atom is 0.295 e. The van der Waals surface area contributed by atoms with Gasteiger partial charge in [0.25, 0.3) is 11.7 Å². The van der Waals surface area contributed by atoms with Gasteiger partial charge in [0, 0.05) is 31.7 Å². The predicted molar refractivity (Wildman–Crippen MR) is 122 cm³/mol. The molecule has 3 aliphatic heterocycles. The second kappa shape index (κ2) is 9.36. The number of morpholine rings is 1. The van der Waals surface area contributed by atoms with E-state index >= 15 is 0 Å². The Hall–Kier alpha value is -3.56. The fraction of sp³-hybridized carbons (Fsp3) is 0.360. The van der Waals surface area contributed by atoms with Crippen LogP contribution in [0.15, 0.2) is 48.0 Å². The number of hydrogen-bond acceptors (Lipinski definition) is 8. The highest BCUT2D eigenvalue weighted by atomic mass is 16.7. The van der Waals surface area contributed by atoms with Crippen molar-refractivity contribution in [2.75, 3.05) is 53.3 Å².